The van der Waals surface area contributed by atoms with E-state index in [4.69, 9.17) is 17.6 Å². The number of hydrogen-bond donors (Lipinski definition) is 0. The molecule has 2 heterocycles. The molecule has 2 aromatic heterocycles. The van der Waals surface area contributed by atoms with Crippen molar-refractivity contribution in [1.82, 2.24) is 9.55 Å². The van der Waals surface area contributed by atoms with Gasteiger partial charge in [-0.25, -0.2) is 4.98 Å². The third kappa shape index (κ3) is 3.37. The van der Waals surface area contributed by atoms with Crippen molar-refractivity contribution >= 4 is 33.0 Å². The molecule has 0 saturated heterocycles. The molecule has 0 saturated carbocycles. The maximum atomic E-state index is 8.28. The van der Waals surface area contributed by atoms with Gasteiger partial charge in [0, 0.05) is 19.0 Å². The number of aromatic nitrogens is 2. The summed E-state index contributed by atoms with van der Waals surface area (Å²) in [6.45, 7) is 3.95. The Kier molecular flexibility index (Phi) is 3.90. The number of para-hydroxylation sites is 3. The van der Waals surface area contributed by atoms with E-state index in [1.807, 2.05) is 24.3 Å². The molecule has 0 spiro atoms. The molecule has 0 aliphatic carbocycles. The van der Waals surface area contributed by atoms with Crippen LogP contribution in [0, 0.1) is 13.7 Å². The largest absolute Gasteiger partial charge is 0.455 e. The first-order valence-corrected chi connectivity index (χ1v) is 12.4. The van der Waals surface area contributed by atoms with Crippen molar-refractivity contribution < 1.29 is 12.6 Å². The lowest BCUT2D eigenvalue weighted by Crippen LogP contribution is -2.08. The van der Waals surface area contributed by atoms with Crippen LogP contribution < -0.4 is 0 Å². The minimum absolute atomic E-state index is 0.130. The highest BCUT2D eigenvalue weighted by molar-refractivity contribution is 6.11. The van der Waals surface area contributed by atoms with Crippen LogP contribution >= 0.6 is 0 Å². The molecule has 0 N–H and O–H groups in total. The van der Waals surface area contributed by atoms with Crippen LogP contribution in [0.1, 0.15) is 70.0 Å². The van der Waals surface area contributed by atoms with Crippen LogP contribution in [0.25, 0.3) is 50.0 Å². The molecule has 3 heteroatoms. The number of fused-ring (bicyclic) bond motifs is 4. The summed E-state index contributed by atoms with van der Waals surface area (Å²) in [4.78, 5) is 5.10. The lowest BCUT2D eigenvalue weighted by Gasteiger charge is -2.22. The molecule has 180 valence electrons. The van der Waals surface area contributed by atoms with Crippen molar-refractivity contribution in [2.24, 2.45) is 0 Å². The molecule has 36 heavy (non-hydrogen) atoms. The Labute approximate surface area is 220 Å². The first-order chi connectivity index (χ1) is 19.8. The highest BCUT2D eigenvalue weighted by Gasteiger charge is 2.24. The molecular formula is C33H32N2O. The third-order valence-electron chi connectivity index (χ3n) is 6.99. The number of aryl methyl sites for hydroxylation is 2. The first kappa shape index (κ1) is 16.8. The van der Waals surface area contributed by atoms with Crippen molar-refractivity contribution in [3.63, 3.8) is 0 Å². The second kappa shape index (κ2) is 8.37. The maximum absolute atomic E-state index is 8.28. The van der Waals surface area contributed by atoms with Crippen molar-refractivity contribution in [3.05, 3.63) is 95.1 Å². The predicted octanol–water partition coefficient (Wildman–Crippen LogP) is 9.46. The Hall–Kier alpha value is -3.85. The van der Waals surface area contributed by atoms with Gasteiger partial charge in [-0.1, -0.05) is 76.2 Å². The van der Waals surface area contributed by atoms with Gasteiger partial charge < -0.3 is 4.42 Å². The fourth-order valence-corrected chi connectivity index (χ4v) is 5.26. The molecule has 0 atom stereocenters. The van der Waals surface area contributed by atoms with Gasteiger partial charge in [0.1, 0.15) is 17.0 Å². The van der Waals surface area contributed by atoms with E-state index in [9.17, 15) is 0 Å². The van der Waals surface area contributed by atoms with E-state index in [0.29, 0.717) is 33.3 Å². The minimum Gasteiger partial charge on any atom is -0.455 e. The molecule has 0 radical (unpaired) electrons. The topological polar surface area (TPSA) is 31.0 Å². The van der Waals surface area contributed by atoms with Crippen molar-refractivity contribution in [2.75, 3.05) is 0 Å². The standard InChI is InChI=1S/C33H32N2O/c1-19(2)23-10-9-11-24(20(3)4)31(23)35-28-13-8-7-12-27(28)34-33(35)26-17-15-22(6)30-25-16-14-21(5)18-29(25)36-32(26)30/h7-20H,1-6H3/i5D3,6D3. The molecule has 0 amide bonds. The summed E-state index contributed by atoms with van der Waals surface area (Å²) in [5.74, 6) is 1.09. The van der Waals surface area contributed by atoms with Gasteiger partial charge in [-0.05, 0) is 72.1 Å². The monoisotopic (exact) mass is 478 g/mol. The Morgan fingerprint density at radius 1 is 0.833 bits per heavy atom. The summed E-state index contributed by atoms with van der Waals surface area (Å²) >= 11 is 0. The summed E-state index contributed by atoms with van der Waals surface area (Å²) in [6, 6.07) is 22.4. The van der Waals surface area contributed by atoms with Gasteiger partial charge in [0.25, 0.3) is 0 Å². The lowest BCUT2D eigenvalue weighted by molar-refractivity contribution is 0.669. The summed E-state index contributed by atoms with van der Waals surface area (Å²) in [7, 11) is 0. The van der Waals surface area contributed by atoms with Gasteiger partial charge in [-0.15, -0.1) is 0 Å². The first-order valence-electron chi connectivity index (χ1n) is 15.4. The second-order valence-electron chi connectivity index (χ2n) is 10.0. The number of benzene rings is 4. The molecule has 6 rings (SSSR count). The van der Waals surface area contributed by atoms with Gasteiger partial charge in [-0.2, -0.15) is 0 Å². The molecule has 0 fully saturated rings. The lowest BCUT2D eigenvalue weighted by atomic mass is 9.92. The Bertz CT molecular complexity index is 1950. The van der Waals surface area contributed by atoms with Crippen LogP contribution in [0.15, 0.2) is 77.2 Å². The van der Waals surface area contributed by atoms with E-state index in [1.165, 1.54) is 23.3 Å². The molecule has 0 bridgehead atoms. The number of rotatable bonds is 4. The average molecular weight is 479 g/mol. The van der Waals surface area contributed by atoms with Gasteiger partial charge in [0.15, 0.2) is 0 Å². The molecule has 0 aliphatic heterocycles. The fourth-order valence-electron chi connectivity index (χ4n) is 5.26. The molecule has 0 aliphatic rings. The number of imidazole rings is 1. The minimum atomic E-state index is -2.41. The normalized spacial score (nSPS) is 15.3. The number of nitrogens with zero attached hydrogens (tertiary/aromatic N) is 2. The van der Waals surface area contributed by atoms with Crippen LogP contribution in [0.4, 0.5) is 0 Å². The zero-order valence-corrected chi connectivity index (χ0v) is 20.9. The number of furan rings is 1. The quantitative estimate of drug-likeness (QED) is 0.253. The zero-order chi connectivity index (χ0) is 30.1. The van der Waals surface area contributed by atoms with Crippen LogP contribution in [0.3, 0.4) is 0 Å². The molecule has 0 unspecified atom stereocenters. The van der Waals surface area contributed by atoms with Crippen molar-refractivity contribution in [2.45, 2.75) is 53.2 Å². The highest BCUT2D eigenvalue weighted by atomic mass is 16.3. The average Bonchev–Trinajstić information content (AvgIpc) is 3.49. The Balaban J connectivity index is 1.77. The summed E-state index contributed by atoms with van der Waals surface area (Å²) < 4.78 is 57.1. The highest BCUT2D eigenvalue weighted by Crippen LogP contribution is 2.41. The summed E-state index contributed by atoms with van der Waals surface area (Å²) in [5.41, 5.74) is 6.73. The van der Waals surface area contributed by atoms with Crippen LogP contribution in [0.2, 0.25) is 0 Å². The van der Waals surface area contributed by atoms with Gasteiger partial charge in [-0.3, -0.25) is 4.57 Å². The van der Waals surface area contributed by atoms with Crippen LogP contribution in [-0.2, 0) is 0 Å². The number of hydrogen-bond acceptors (Lipinski definition) is 2. The predicted molar refractivity (Wildman–Crippen MR) is 151 cm³/mol. The van der Waals surface area contributed by atoms with Crippen LogP contribution in [0.5, 0.6) is 0 Å². The van der Waals surface area contributed by atoms with Crippen molar-refractivity contribution in [3.8, 4) is 17.1 Å². The fraction of sp³-hybridized carbons (Fsp3) is 0.242. The molecule has 3 nitrogen and oxygen atoms in total. The van der Waals surface area contributed by atoms with E-state index in [0.717, 1.165) is 16.7 Å². The van der Waals surface area contributed by atoms with E-state index >= 15 is 0 Å². The van der Waals surface area contributed by atoms with E-state index < -0.39 is 13.7 Å². The Morgan fingerprint density at radius 3 is 2.33 bits per heavy atom. The van der Waals surface area contributed by atoms with E-state index in [1.54, 1.807) is 18.2 Å². The molecule has 4 aromatic carbocycles. The second-order valence-corrected chi connectivity index (χ2v) is 10.0. The van der Waals surface area contributed by atoms with Crippen molar-refractivity contribution in [1.29, 1.82) is 0 Å². The SMILES string of the molecule is [2H]C([2H])([2H])c1ccc2c(c1)oc1c(-c3nc4ccccc4n3-c3c(C(C)C)cccc3C(C)C)ccc(C([2H])([2H])[2H])c12. The molecule has 6 aromatic rings. The summed E-state index contributed by atoms with van der Waals surface area (Å²) in [5, 5.41) is 0.999. The van der Waals surface area contributed by atoms with E-state index in [-0.39, 0.29) is 23.0 Å². The van der Waals surface area contributed by atoms with Crippen LogP contribution in [-0.4, -0.2) is 9.55 Å². The maximum Gasteiger partial charge on any atom is 0.149 e. The van der Waals surface area contributed by atoms with Gasteiger partial charge in [0.2, 0.25) is 0 Å². The summed E-state index contributed by atoms with van der Waals surface area (Å²) in [6.07, 6.45) is 0. The third-order valence-corrected chi connectivity index (χ3v) is 6.99. The smallest absolute Gasteiger partial charge is 0.149 e. The van der Waals surface area contributed by atoms with Gasteiger partial charge in [0.05, 0.1) is 22.3 Å². The zero-order valence-electron chi connectivity index (χ0n) is 26.9. The van der Waals surface area contributed by atoms with E-state index in [2.05, 4.69) is 50.5 Å². The van der Waals surface area contributed by atoms with Gasteiger partial charge >= 0.3 is 0 Å². The molecular weight excluding hydrogens is 440 g/mol. The Morgan fingerprint density at radius 2 is 1.61 bits per heavy atom.